The Kier molecular flexibility index (Phi) is 4.52. The molecule has 0 aliphatic heterocycles. The van der Waals surface area contributed by atoms with E-state index in [1.807, 2.05) is 0 Å². The van der Waals surface area contributed by atoms with Crippen molar-refractivity contribution in [2.45, 2.75) is 13.1 Å². The van der Waals surface area contributed by atoms with Crippen LogP contribution in [0.15, 0.2) is 29.6 Å². The number of carboxylic acid groups (broad SMARTS) is 1. The maximum Gasteiger partial charge on any atom is 0.346 e. The van der Waals surface area contributed by atoms with Crippen molar-refractivity contribution in [1.82, 2.24) is 5.32 Å². The molecule has 0 aliphatic carbocycles. The van der Waals surface area contributed by atoms with Gasteiger partial charge in [0.05, 0.1) is 5.02 Å². The summed E-state index contributed by atoms with van der Waals surface area (Å²) in [5.41, 5.74) is 1.59. The number of hydrogen-bond donors (Lipinski definition) is 2. The molecule has 0 atom stereocenters. The molecule has 0 aliphatic rings. The molecule has 2 N–H and O–H groups in total. The van der Waals surface area contributed by atoms with E-state index in [4.69, 9.17) is 16.7 Å². The molecule has 0 saturated heterocycles. The Labute approximate surface area is 118 Å². The summed E-state index contributed by atoms with van der Waals surface area (Å²) >= 11 is 6.88. The molecule has 0 fully saturated rings. The zero-order valence-electron chi connectivity index (χ0n) is 9.82. The second kappa shape index (κ2) is 6.14. The fourth-order valence-corrected chi connectivity index (χ4v) is 2.62. The monoisotopic (exact) mass is 299 g/mol. The van der Waals surface area contributed by atoms with E-state index in [1.54, 1.807) is 23.6 Å². The predicted molar refractivity (Wildman–Crippen MR) is 73.2 cm³/mol. The van der Waals surface area contributed by atoms with E-state index in [0.29, 0.717) is 18.0 Å². The molecule has 0 radical (unpaired) electrons. The van der Waals surface area contributed by atoms with E-state index in [0.717, 1.165) is 11.1 Å². The lowest BCUT2D eigenvalue weighted by atomic mass is 10.2. The number of nitrogens with one attached hydrogen (secondary N) is 1. The van der Waals surface area contributed by atoms with E-state index in [2.05, 4.69) is 5.32 Å². The lowest BCUT2D eigenvalue weighted by Gasteiger charge is -2.05. The fraction of sp³-hybridized carbons (Fsp3) is 0.154. The highest BCUT2D eigenvalue weighted by atomic mass is 35.5. The summed E-state index contributed by atoms with van der Waals surface area (Å²) in [6.45, 7) is 0.940. The number of thiophene rings is 1. The Morgan fingerprint density at radius 1 is 1.37 bits per heavy atom. The summed E-state index contributed by atoms with van der Waals surface area (Å²) in [4.78, 5) is 11.3. The second-order valence-electron chi connectivity index (χ2n) is 3.93. The molecule has 0 bridgehead atoms. The third kappa shape index (κ3) is 3.53. The Morgan fingerprint density at radius 3 is 2.84 bits per heavy atom. The molecule has 0 saturated carbocycles. The molecule has 1 heterocycles. The number of carboxylic acids is 1. The van der Waals surface area contributed by atoms with Gasteiger partial charge in [0.15, 0.2) is 0 Å². The van der Waals surface area contributed by atoms with Gasteiger partial charge in [-0.15, -0.1) is 11.3 Å². The van der Waals surface area contributed by atoms with Crippen molar-refractivity contribution in [2.75, 3.05) is 0 Å². The minimum atomic E-state index is -0.920. The van der Waals surface area contributed by atoms with Crippen LogP contribution in [-0.4, -0.2) is 11.1 Å². The third-order valence-electron chi connectivity index (χ3n) is 2.57. The third-order valence-corrected chi connectivity index (χ3v) is 3.80. The van der Waals surface area contributed by atoms with Crippen LogP contribution in [0.4, 0.5) is 4.39 Å². The van der Waals surface area contributed by atoms with Gasteiger partial charge in [-0.1, -0.05) is 17.7 Å². The van der Waals surface area contributed by atoms with Crippen molar-refractivity contribution < 1.29 is 14.3 Å². The first-order valence-corrected chi connectivity index (χ1v) is 6.78. The summed E-state index contributed by atoms with van der Waals surface area (Å²) < 4.78 is 13.0. The van der Waals surface area contributed by atoms with Gasteiger partial charge in [-0.2, -0.15) is 0 Å². The van der Waals surface area contributed by atoms with Gasteiger partial charge in [0, 0.05) is 13.1 Å². The van der Waals surface area contributed by atoms with Crippen molar-refractivity contribution in [3.8, 4) is 0 Å². The van der Waals surface area contributed by atoms with Crippen molar-refractivity contribution in [1.29, 1.82) is 0 Å². The van der Waals surface area contributed by atoms with Crippen LogP contribution in [0.2, 0.25) is 5.02 Å². The Bertz CT molecular complexity index is 600. The van der Waals surface area contributed by atoms with Gasteiger partial charge in [-0.05, 0) is 34.7 Å². The number of halogens is 2. The SMILES string of the molecule is O=C(O)c1sccc1CNCc1ccc(F)c(Cl)c1. The second-order valence-corrected chi connectivity index (χ2v) is 5.26. The molecular formula is C13H11ClFNO2S. The predicted octanol–water partition coefficient (Wildman–Crippen LogP) is 3.53. The average molecular weight is 300 g/mol. The standard InChI is InChI=1S/C13H11ClFNO2S/c14-10-5-8(1-2-11(10)15)6-16-7-9-3-4-19-12(9)13(17)18/h1-5,16H,6-7H2,(H,17,18). The van der Waals surface area contributed by atoms with Crippen LogP contribution in [-0.2, 0) is 13.1 Å². The quantitative estimate of drug-likeness (QED) is 0.888. The Balaban J connectivity index is 1.94. The van der Waals surface area contributed by atoms with Gasteiger partial charge in [0.25, 0.3) is 0 Å². The number of carbonyl (C=O) groups is 1. The topological polar surface area (TPSA) is 49.3 Å². The molecule has 2 aromatic rings. The maximum absolute atomic E-state index is 13.0. The first kappa shape index (κ1) is 14.0. The van der Waals surface area contributed by atoms with Gasteiger partial charge < -0.3 is 10.4 Å². The summed E-state index contributed by atoms with van der Waals surface area (Å²) in [5, 5.41) is 13.9. The molecule has 1 aromatic carbocycles. The van der Waals surface area contributed by atoms with Crippen LogP contribution in [0.5, 0.6) is 0 Å². The number of hydrogen-bond acceptors (Lipinski definition) is 3. The summed E-state index contributed by atoms with van der Waals surface area (Å²) in [6, 6.07) is 6.28. The van der Waals surface area contributed by atoms with Crippen LogP contribution in [0.3, 0.4) is 0 Å². The van der Waals surface area contributed by atoms with E-state index >= 15 is 0 Å². The molecule has 0 unspecified atom stereocenters. The Morgan fingerprint density at radius 2 is 2.16 bits per heavy atom. The molecule has 0 amide bonds. The largest absolute Gasteiger partial charge is 0.477 e. The van der Waals surface area contributed by atoms with Crippen molar-refractivity contribution >= 4 is 28.9 Å². The molecule has 1 aromatic heterocycles. The van der Waals surface area contributed by atoms with Crippen LogP contribution < -0.4 is 5.32 Å². The van der Waals surface area contributed by atoms with Crippen LogP contribution in [0.1, 0.15) is 20.8 Å². The van der Waals surface area contributed by atoms with Gasteiger partial charge in [-0.3, -0.25) is 0 Å². The highest BCUT2D eigenvalue weighted by molar-refractivity contribution is 7.12. The summed E-state index contributed by atoms with van der Waals surface area (Å²) in [7, 11) is 0. The van der Waals surface area contributed by atoms with Crippen LogP contribution in [0.25, 0.3) is 0 Å². The molecule has 100 valence electrons. The van der Waals surface area contributed by atoms with Gasteiger partial charge in [0.1, 0.15) is 10.7 Å². The van der Waals surface area contributed by atoms with E-state index in [1.165, 1.54) is 17.4 Å². The lowest BCUT2D eigenvalue weighted by Crippen LogP contribution is -2.14. The van der Waals surface area contributed by atoms with E-state index in [-0.39, 0.29) is 5.02 Å². The molecular weight excluding hydrogens is 289 g/mol. The highest BCUT2D eigenvalue weighted by Gasteiger charge is 2.10. The normalized spacial score (nSPS) is 10.6. The maximum atomic E-state index is 13.0. The van der Waals surface area contributed by atoms with Crippen molar-refractivity contribution in [3.63, 3.8) is 0 Å². The fourth-order valence-electron chi connectivity index (χ4n) is 1.65. The van der Waals surface area contributed by atoms with Crippen molar-refractivity contribution in [3.05, 3.63) is 56.5 Å². The van der Waals surface area contributed by atoms with Crippen LogP contribution in [0, 0.1) is 5.82 Å². The molecule has 3 nitrogen and oxygen atoms in total. The smallest absolute Gasteiger partial charge is 0.346 e. The number of benzene rings is 1. The zero-order chi connectivity index (χ0) is 13.8. The Hall–Kier alpha value is -1.43. The van der Waals surface area contributed by atoms with E-state index < -0.39 is 11.8 Å². The number of rotatable bonds is 5. The van der Waals surface area contributed by atoms with E-state index in [9.17, 15) is 9.18 Å². The summed E-state index contributed by atoms with van der Waals surface area (Å²) in [5.74, 6) is -1.37. The van der Waals surface area contributed by atoms with Gasteiger partial charge in [0.2, 0.25) is 0 Å². The lowest BCUT2D eigenvalue weighted by molar-refractivity contribution is 0.0701. The van der Waals surface area contributed by atoms with Gasteiger partial charge in [-0.25, -0.2) is 9.18 Å². The first-order valence-electron chi connectivity index (χ1n) is 5.52. The highest BCUT2D eigenvalue weighted by Crippen LogP contribution is 2.18. The molecule has 0 spiro atoms. The van der Waals surface area contributed by atoms with Crippen molar-refractivity contribution in [2.24, 2.45) is 0 Å². The van der Waals surface area contributed by atoms with Crippen LogP contribution >= 0.6 is 22.9 Å². The average Bonchev–Trinajstić information content (AvgIpc) is 2.82. The minimum Gasteiger partial charge on any atom is -0.477 e. The molecule has 2 rings (SSSR count). The molecule has 19 heavy (non-hydrogen) atoms. The summed E-state index contributed by atoms with van der Waals surface area (Å²) in [6.07, 6.45) is 0. The first-order chi connectivity index (χ1) is 9.08. The van der Waals surface area contributed by atoms with Gasteiger partial charge >= 0.3 is 5.97 Å². The number of aromatic carboxylic acids is 1. The zero-order valence-corrected chi connectivity index (χ0v) is 11.4. The molecule has 6 heteroatoms. The minimum absolute atomic E-state index is 0.0843.